The lowest BCUT2D eigenvalue weighted by atomic mass is 10.3. The highest BCUT2D eigenvalue weighted by atomic mass is 16.2. The Morgan fingerprint density at radius 1 is 1.45 bits per heavy atom. The summed E-state index contributed by atoms with van der Waals surface area (Å²) in [7, 11) is 0. The van der Waals surface area contributed by atoms with Crippen LogP contribution < -0.4 is 5.32 Å². The van der Waals surface area contributed by atoms with E-state index in [0.29, 0.717) is 23.1 Å². The Morgan fingerprint density at radius 2 is 2.30 bits per heavy atom. The number of imidazole rings is 1. The number of H-pyrrole nitrogens is 1. The van der Waals surface area contributed by atoms with Crippen molar-refractivity contribution in [2.24, 2.45) is 0 Å². The minimum absolute atomic E-state index is 0.287. The van der Waals surface area contributed by atoms with Crippen molar-refractivity contribution >= 4 is 11.7 Å². The Bertz CT molecular complexity index is 727. The van der Waals surface area contributed by atoms with Crippen LogP contribution in [-0.2, 0) is 0 Å². The number of aryl methyl sites for hydroxylation is 1. The van der Waals surface area contributed by atoms with Crippen LogP contribution in [0, 0.1) is 6.92 Å². The molecule has 102 valence electrons. The Labute approximate surface area is 114 Å². The Morgan fingerprint density at radius 3 is 3.00 bits per heavy atom. The summed E-state index contributed by atoms with van der Waals surface area (Å²) in [4.78, 5) is 24.5. The molecule has 0 saturated carbocycles. The fourth-order valence-corrected chi connectivity index (χ4v) is 1.83. The maximum atomic E-state index is 12.1. The second-order valence-electron chi connectivity index (χ2n) is 4.43. The van der Waals surface area contributed by atoms with Gasteiger partial charge in [0.15, 0.2) is 5.82 Å². The van der Waals surface area contributed by atoms with Gasteiger partial charge >= 0.3 is 0 Å². The van der Waals surface area contributed by atoms with Gasteiger partial charge in [0.05, 0.1) is 6.04 Å². The third kappa shape index (κ3) is 2.22. The van der Waals surface area contributed by atoms with Gasteiger partial charge in [-0.25, -0.2) is 15.0 Å². The molecular weight excluding hydrogens is 258 g/mol. The van der Waals surface area contributed by atoms with Crippen molar-refractivity contribution in [3.8, 4) is 0 Å². The summed E-state index contributed by atoms with van der Waals surface area (Å²) < 4.78 is 1.69. The molecule has 0 fully saturated rings. The quantitative estimate of drug-likeness (QED) is 0.728. The van der Waals surface area contributed by atoms with E-state index in [1.54, 1.807) is 36.0 Å². The van der Waals surface area contributed by atoms with Crippen molar-refractivity contribution in [1.29, 1.82) is 0 Å². The van der Waals surface area contributed by atoms with Gasteiger partial charge in [0, 0.05) is 18.6 Å². The second kappa shape index (κ2) is 4.72. The third-order valence-electron chi connectivity index (χ3n) is 2.82. The minimum Gasteiger partial charge on any atom is -0.341 e. The summed E-state index contributed by atoms with van der Waals surface area (Å²) in [5, 5.41) is 9.56. The number of carbonyl (C=O) groups excluding carboxylic acids is 1. The van der Waals surface area contributed by atoms with E-state index in [9.17, 15) is 4.79 Å². The molecule has 8 heteroatoms. The first-order chi connectivity index (χ1) is 9.63. The summed E-state index contributed by atoms with van der Waals surface area (Å²) in [5.41, 5.74) is 0.308. The van der Waals surface area contributed by atoms with Crippen LogP contribution in [0.1, 0.15) is 35.1 Å². The monoisotopic (exact) mass is 271 g/mol. The maximum Gasteiger partial charge on any atom is 0.272 e. The lowest BCUT2D eigenvalue weighted by molar-refractivity contribution is 0.0934. The summed E-state index contributed by atoms with van der Waals surface area (Å²) in [5.74, 6) is 1.44. The Balaban J connectivity index is 1.78. The molecule has 3 rings (SSSR count). The normalized spacial score (nSPS) is 12.5. The molecule has 0 aliphatic heterocycles. The van der Waals surface area contributed by atoms with Crippen LogP contribution in [-0.4, -0.2) is 35.5 Å². The van der Waals surface area contributed by atoms with Crippen LogP contribution in [0.15, 0.2) is 24.7 Å². The van der Waals surface area contributed by atoms with Gasteiger partial charge in [-0.05, 0) is 19.9 Å². The molecule has 0 aliphatic carbocycles. The molecule has 8 nitrogen and oxygen atoms in total. The molecule has 3 aromatic heterocycles. The van der Waals surface area contributed by atoms with E-state index in [0.717, 1.165) is 0 Å². The SMILES string of the molecule is Cc1nc([C@H](C)NC(=O)c2cn3cccnc3n2)n[nH]1. The van der Waals surface area contributed by atoms with Crippen molar-refractivity contribution in [1.82, 2.24) is 34.9 Å². The largest absolute Gasteiger partial charge is 0.341 e. The van der Waals surface area contributed by atoms with Gasteiger partial charge < -0.3 is 5.32 Å². The van der Waals surface area contributed by atoms with Crippen LogP contribution >= 0.6 is 0 Å². The van der Waals surface area contributed by atoms with Crippen LogP contribution in [0.2, 0.25) is 0 Å². The van der Waals surface area contributed by atoms with Crippen molar-refractivity contribution in [2.45, 2.75) is 19.9 Å². The molecule has 0 unspecified atom stereocenters. The van der Waals surface area contributed by atoms with Crippen molar-refractivity contribution in [2.75, 3.05) is 0 Å². The van der Waals surface area contributed by atoms with E-state index in [1.165, 1.54) is 0 Å². The zero-order chi connectivity index (χ0) is 14.1. The number of rotatable bonds is 3. The molecular formula is C12H13N7O. The second-order valence-corrected chi connectivity index (χ2v) is 4.43. The number of fused-ring (bicyclic) bond motifs is 1. The molecule has 0 spiro atoms. The number of aromatic nitrogens is 6. The van der Waals surface area contributed by atoms with E-state index in [-0.39, 0.29) is 11.9 Å². The standard InChI is InChI=1S/C12H13N7O/c1-7(10-15-8(2)17-18-10)14-11(20)9-6-19-5-3-4-13-12(19)16-9/h3-7H,1-2H3,(H,14,20)(H,15,17,18)/t7-/m0/s1. The molecule has 1 amide bonds. The third-order valence-corrected chi connectivity index (χ3v) is 2.82. The summed E-state index contributed by atoms with van der Waals surface area (Å²) in [6.45, 7) is 3.62. The maximum absolute atomic E-state index is 12.1. The highest BCUT2D eigenvalue weighted by Crippen LogP contribution is 2.08. The number of hydrogen-bond acceptors (Lipinski definition) is 5. The van der Waals surface area contributed by atoms with Crippen LogP contribution in [0.5, 0.6) is 0 Å². The predicted octanol–water partition coefficient (Wildman–Crippen LogP) is 0.647. The number of nitrogens with one attached hydrogen (secondary N) is 2. The number of aromatic amines is 1. The fraction of sp³-hybridized carbons (Fsp3) is 0.250. The average Bonchev–Trinajstić information content (AvgIpc) is 3.04. The number of amides is 1. The highest BCUT2D eigenvalue weighted by molar-refractivity contribution is 5.92. The zero-order valence-electron chi connectivity index (χ0n) is 11.0. The van der Waals surface area contributed by atoms with E-state index in [1.807, 2.05) is 6.92 Å². The number of carbonyl (C=O) groups is 1. The van der Waals surface area contributed by atoms with Gasteiger partial charge in [-0.15, -0.1) is 0 Å². The molecule has 3 heterocycles. The summed E-state index contributed by atoms with van der Waals surface area (Å²) in [6, 6.07) is 1.47. The van der Waals surface area contributed by atoms with E-state index >= 15 is 0 Å². The highest BCUT2D eigenvalue weighted by Gasteiger charge is 2.17. The average molecular weight is 271 g/mol. The van der Waals surface area contributed by atoms with Crippen molar-refractivity contribution < 1.29 is 4.79 Å². The van der Waals surface area contributed by atoms with Crippen LogP contribution in [0.4, 0.5) is 0 Å². The summed E-state index contributed by atoms with van der Waals surface area (Å²) in [6.07, 6.45) is 5.05. The van der Waals surface area contributed by atoms with Gasteiger partial charge in [0.25, 0.3) is 5.91 Å². The molecule has 0 radical (unpaired) electrons. The number of nitrogens with zero attached hydrogens (tertiary/aromatic N) is 5. The Kier molecular flexibility index (Phi) is 2.90. The first-order valence-corrected chi connectivity index (χ1v) is 6.13. The smallest absolute Gasteiger partial charge is 0.272 e. The van der Waals surface area contributed by atoms with Gasteiger partial charge in [0.1, 0.15) is 11.5 Å². The lowest BCUT2D eigenvalue weighted by Crippen LogP contribution is -2.27. The first-order valence-electron chi connectivity index (χ1n) is 6.13. The van der Waals surface area contributed by atoms with Gasteiger partial charge in [-0.3, -0.25) is 14.3 Å². The lowest BCUT2D eigenvalue weighted by Gasteiger charge is -2.08. The van der Waals surface area contributed by atoms with E-state index < -0.39 is 0 Å². The molecule has 0 bridgehead atoms. The topological polar surface area (TPSA) is 101 Å². The fourth-order valence-electron chi connectivity index (χ4n) is 1.83. The molecule has 20 heavy (non-hydrogen) atoms. The van der Waals surface area contributed by atoms with Gasteiger partial charge in [0.2, 0.25) is 5.78 Å². The van der Waals surface area contributed by atoms with E-state index in [4.69, 9.17) is 0 Å². The summed E-state index contributed by atoms with van der Waals surface area (Å²) >= 11 is 0. The first kappa shape index (κ1) is 12.3. The zero-order valence-corrected chi connectivity index (χ0v) is 11.0. The Hall–Kier alpha value is -2.77. The van der Waals surface area contributed by atoms with Crippen molar-refractivity contribution in [3.05, 3.63) is 42.0 Å². The predicted molar refractivity (Wildman–Crippen MR) is 70.0 cm³/mol. The molecule has 3 aromatic rings. The molecule has 0 aromatic carbocycles. The van der Waals surface area contributed by atoms with Gasteiger partial charge in [-0.2, -0.15) is 5.10 Å². The number of hydrogen-bond donors (Lipinski definition) is 2. The van der Waals surface area contributed by atoms with Crippen LogP contribution in [0.3, 0.4) is 0 Å². The molecule has 1 atom stereocenters. The minimum atomic E-state index is -0.301. The molecule has 2 N–H and O–H groups in total. The molecule has 0 saturated heterocycles. The van der Waals surface area contributed by atoms with E-state index in [2.05, 4.69) is 30.5 Å². The van der Waals surface area contributed by atoms with Gasteiger partial charge in [-0.1, -0.05) is 0 Å². The van der Waals surface area contributed by atoms with Crippen LogP contribution in [0.25, 0.3) is 5.78 Å². The van der Waals surface area contributed by atoms with Crippen molar-refractivity contribution in [3.63, 3.8) is 0 Å². The molecule has 0 aliphatic rings.